The molecular formula is C63H75N3O5. The summed E-state index contributed by atoms with van der Waals surface area (Å²) in [6, 6.07) is 50.4. The average Bonchev–Trinajstić information content (AvgIpc) is 3.39. The molecule has 6 aromatic carbocycles. The van der Waals surface area contributed by atoms with Crippen molar-refractivity contribution in [1.82, 2.24) is 14.7 Å². The van der Waals surface area contributed by atoms with Crippen molar-refractivity contribution in [3.8, 4) is 23.0 Å². The van der Waals surface area contributed by atoms with Crippen LogP contribution in [0.1, 0.15) is 95.9 Å². The van der Waals surface area contributed by atoms with Crippen LogP contribution in [0.2, 0.25) is 0 Å². The number of carbonyl (C=O) groups is 1. The van der Waals surface area contributed by atoms with Crippen LogP contribution in [-0.2, 0) is 30.8 Å². The van der Waals surface area contributed by atoms with Crippen molar-refractivity contribution in [1.29, 1.82) is 0 Å². The van der Waals surface area contributed by atoms with Gasteiger partial charge in [-0.05, 0) is 169 Å². The van der Waals surface area contributed by atoms with Crippen molar-refractivity contribution < 1.29 is 23.7 Å². The Labute approximate surface area is 424 Å². The molecule has 2 saturated carbocycles. The predicted molar refractivity (Wildman–Crippen MR) is 289 cm³/mol. The zero-order valence-electron chi connectivity index (χ0n) is 43.5. The number of ether oxygens (including phenoxy) is 4. The number of hydrogen-bond acceptors (Lipinski definition) is 7. The maximum Gasteiger partial charge on any atom is 0.247 e. The lowest BCUT2D eigenvalue weighted by molar-refractivity contribution is -0.134. The van der Waals surface area contributed by atoms with Crippen molar-refractivity contribution in [3.05, 3.63) is 196 Å². The van der Waals surface area contributed by atoms with Crippen molar-refractivity contribution in [2.75, 3.05) is 42.4 Å². The van der Waals surface area contributed by atoms with Crippen LogP contribution in [0.25, 0.3) is 5.57 Å². The summed E-state index contributed by atoms with van der Waals surface area (Å²) in [5, 5.41) is 0. The monoisotopic (exact) mass is 954 g/mol. The number of aryl methyl sites for hydroxylation is 2. The summed E-state index contributed by atoms with van der Waals surface area (Å²) in [6.07, 6.45) is 11.6. The lowest BCUT2D eigenvalue weighted by Gasteiger charge is -2.51. The number of rotatable bonds is 19. The molecule has 1 amide bonds. The topological polar surface area (TPSA) is 63.7 Å². The van der Waals surface area contributed by atoms with E-state index < -0.39 is 0 Å². The molecule has 0 spiro atoms. The summed E-state index contributed by atoms with van der Waals surface area (Å²) in [5.41, 5.74) is 9.88. The van der Waals surface area contributed by atoms with Crippen molar-refractivity contribution in [3.63, 3.8) is 0 Å². The highest BCUT2D eigenvalue weighted by atomic mass is 16.5. The first-order valence-corrected chi connectivity index (χ1v) is 25.6. The molecule has 0 atom stereocenters. The van der Waals surface area contributed by atoms with E-state index >= 15 is 4.79 Å². The molecule has 2 aliphatic carbocycles. The highest BCUT2D eigenvalue weighted by molar-refractivity contribution is 6.00. The Kier molecular flexibility index (Phi) is 16.7. The number of carbonyl (C=O) groups excluding carboxylic acids is 1. The van der Waals surface area contributed by atoms with Gasteiger partial charge in [-0.1, -0.05) is 132 Å². The van der Waals surface area contributed by atoms with Gasteiger partial charge in [0.1, 0.15) is 13.2 Å². The summed E-state index contributed by atoms with van der Waals surface area (Å²) in [5.74, 6) is 2.47. The largest absolute Gasteiger partial charge is 0.493 e. The average molecular weight is 954 g/mol. The Hall–Kier alpha value is -6.35. The molecule has 2 aliphatic rings. The number of nitrogens with zero attached hydrogens (tertiary/aromatic N) is 3. The summed E-state index contributed by atoms with van der Waals surface area (Å²) in [7, 11) is 12.3. The molecule has 372 valence electrons. The molecule has 0 radical (unpaired) electrons. The Bertz CT molecular complexity index is 2600. The Morgan fingerprint density at radius 2 is 0.958 bits per heavy atom. The van der Waals surface area contributed by atoms with E-state index in [2.05, 4.69) is 105 Å². The first-order chi connectivity index (χ1) is 34.4. The third kappa shape index (κ3) is 12.4. The van der Waals surface area contributed by atoms with E-state index in [0.29, 0.717) is 36.2 Å². The second kappa shape index (κ2) is 23.3. The minimum absolute atomic E-state index is 0.00243. The fourth-order valence-electron chi connectivity index (χ4n) is 11.3. The van der Waals surface area contributed by atoms with E-state index in [1.165, 1.54) is 22.3 Å². The molecule has 0 unspecified atom stereocenters. The standard InChI is InChI=1S/C63H75N3O5/c1-46-22-24-48(25-23-46)42-62(64(3)4)34-30-54(31-35-62)66(55-32-36-63(37-33-55,65(5)6)43-51-21-15-16-47(2)38-51)61(67)41-56(52-26-28-57(59(39-52)68-7)70-44-49-17-11-9-12-18-49)53-27-29-58(60(40-53)69-8)71-45-50-19-13-10-14-20-50/h9-29,38-41,54-55H,30-37,42-45H2,1-8H3. The van der Waals surface area contributed by atoms with Gasteiger partial charge in [-0.25, -0.2) is 0 Å². The first kappa shape index (κ1) is 51.0. The van der Waals surface area contributed by atoms with Crippen LogP contribution >= 0.6 is 0 Å². The van der Waals surface area contributed by atoms with Crippen LogP contribution in [-0.4, -0.2) is 86.2 Å². The number of methoxy groups -OCH3 is 2. The molecule has 0 N–H and O–H groups in total. The summed E-state index contributed by atoms with van der Waals surface area (Å²) in [6.45, 7) is 5.13. The molecule has 0 aromatic heterocycles. The summed E-state index contributed by atoms with van der Waals surface area (Å²) >= 11 is 0. The minimum Gasteiger partial charge on any atom is -0.493 e. The van der Waals surface area contributed by atoms with Gasteiger partial charge in [0.25, 0.3) is 0 Å². The van der Waals surface area contributed by atoms with Gasteiger partial charge in [-0.3, -0.25) is 4.79 Å². The normalized spacial score (nSPS) is 20.0. The molecule has 0 heterocycles. The van der Waals surface area contributed by atoms with Crippen LogP contribution in [0.3, 0.4) is 0 Å². The number of amides is 1. The van der Waals surface area contributed by atoms with Crippen molar-refractivity contribution in [2.24, 2.45) is 0 Å². The van der Waals surface area contributed by atoms with Crippen LogP contribution in [0.4, 0.5) is 0 Å². The van der Waals surface area contributed by atoms with Gasteiger partial charge in [0.15, 0.2) is 23.0 Å². The predicted octanol–water partition coefficient (Wildman–Crippen LogP) is 12.7. The van der Waals surface area contributed by atoms with Gasteiger partial charge in [0.05, 0.1) is 14.2 Å². The summed E-state index contributed by atoms with van der Waals surface area (Å²) < 4.78 is 24.7. The lowest BCUT2D eigenvalue weighted by atomic mass is 9.72. The smallest absolute Gasteiger partial charge is 0.247 e. The van der Waals surface area contributed by atoms with Crippen LogP contribution in [0.15, 0.2) is 152 Å². The van der Waals surface area contributed by atoms with Gasteiger partial charge in [-0.2, -0.15) is 0 Å². The van der Waals surface area contributed by atoms with E-state index in [9.17, 15) is 0 Å². The van der Waals surface area contributed by atoms with Gasteiger partial charge in [0, 0.05) is 29.2 Å². The maximum atomic E-state index is 15.8. The van der Waals surface area contributed by atoms with E-state index in [1.807, 2.05) is 103 Å². The first-order valence-electron chi connectivity index (χ1n) is 25.6. The molecule has 71 heavy (non-hydrogen) atoms. The summed E-state index contributed by atoms with van der Waals surface area (Å²) in [4.78, 5) is 23.0. The van der Waals surface area contributed by atoms with E-state index in [4.69, 9.17) is 18.9 Å². The number of benzene rings is 6. The third-order valence-electron chi connectivity index (χ3n) is 15.7. The van der Waals surface area contributed by atoms with Crippen LogP contribution < -0.4 is 18.9 Å². The highest BCUT2D eigenvalue weighted by Crippen LogP contribution is 2.43. The fraction of sp³-hybridized carbons (Fsp3) is 0.381. The van der Waals surface area contributed by atoms with Gasteiger partial charge < -0.3 is 33.6 Å². The lowest BCUT2D eigenvalue weighted by Crippen LogP contribution is -2.57. The zero-order valence-corrected chi connectivity index (χ0v) is 43.5. The Morgan fingerprint density at radius 1 is 0.507 bits per heavy atom. The molecule has 2 fully saturated rings. The Balaban J connectivity index is 1.16. The van der Waals surface area contributed by atoms with E-state index in [0.717, 1.165) is 92.0 Å². The SMILES string of the molecule is COc1cc(C(=CC(=O)N(C2CCC(Cc3ccc(C)cc3)(N(C)C)CC2)C2CCC(Cc3cccc(C)c3)(N(C)C)CC2)c2ccc(OCc3ccccc3)c(OC)c2)ccc1OCc1ccccc1. The van der Waals surface area contributed by atoms with Gasteiger partial charge >= 0.3 is 0 Å². The van der Waals surface area contributed by atoms with E-state index in [1.54, 1.807) is 14.2 Å². The fourth-order valence-corrected chi connectivity index (χ4v) is 11.3. The van der Waals surface area contributed by atoms with Crippen LogP contribution in [0.5, 0.6) is 23.0 Å². The molecule has 0 bridgehead atoms. The molecule has 8 nitrogen and oxygen atoms in total. The molecule has 0 aliphatic heterocycles. The number of hydrogen-bond donors (Lipinski definition) is 0. The van der Waals surface area contributed by atoms with Gasteiger partial charge in [-0.15, -0.1) is 0 Å². The molecule has 0 saturated heterocycles. The third-order valence-corrected chi connectivity index (χ3v) is 15.7. The minimum atomic E-state index is 0.00243. The second-order valence-corrected chi connectivity index (χ2v) is 20.6. The maximum absolute atomic E-state index is 15.8. The zero-order chi connectivity index (χ0) is 50.0. The molecule has 8 rings (SSSR count). The van der Waals surface area contributed by atoms with E-state index in [-0.39, 0.29) is 29.1 Å². The van der Waals surface area contributed by atoms with Gasteiger partial charge in [0.2, 0.25) is 5.91 Å². The molecule has 8 heteroatoms. The van der Waals surface area contributed by atoms with Crippen LogP contribution in [0, 0.1) is 13.8 Å². The Morgan fingerprint density at radius 3 is 1.39 bits per heavy atom. The molecule has 6 aromatic rings. The quantitative estimate of drug-likeness (QED) is 0.0750. The van der Waals surface area contributed by atoms with Crippen molar-refractivity contribution in [2.45, 2.75) is 114 Å². The molecular weight excluding hydrogens is 879 g/mol. The highest BCUT2D eigenvalue weighted by Gasteiger charge is 2.44. The number of likely N-dealkylation sites (N-methyl/N-ethyl adjacent to an activating group) is 2. The second-order valence-electron chi connectivity index (χ2n) is 20.6. The van der Waals surface area contributed by atoms with Crippen molar-refractivity contribution >= 4 is 11.5 Å².